The second-order valence-electron chi connectivity index (χ2n) is 6.34. The molecule has 2 aromatic rings. The van der Waals surface area contributed by atoms with Gasteiger partial charge in [0.05, 0.1) is 27.9 Å². The van der Waals surface area contributed by atoms with Crippen LogP contribution in [-0.2, 0) is 10.0 Å². The van der Waals surface area contributed by atoms with Crippen molar-refractivity contribution >= 4 is 67.2 Å². The smallest absolute Gasteiger partial charge is 0.241 e. The molecule has 0 unspecified atom stereocenters. The first kappa shape index (κ1) is 20.9. The molecule has 0 saturated carbocycles. The molecule has 0 bridgehead atoms. The summed E-state index contributed by atoms with van der Waals surface area (Å²) in [4.78, 5) is 0.296. The fourth-order valence-corrected chi connectivity index (χ4v) is 5.54. The van der Waals surface area contributed by atoms with Gasteiger partial charge in [-0.25, -0.2) is 13.1 Å². The molecule has 9 heteroatoms. The first-order valence-electron chi connectivity index (χ1n) is 8.19. The number of rotatable bonds is 5. The molecule has 1 N–H and O–H groups in total. The summed E-state index contributed by atoms with van der Waals surface area (Å²) in [5.41, 5.74) is 3.10. The van der Waals surface area contributed by atoms with Crippen molar-refractivity contribution in [1.29, 1.82) is 0 Å². The van der Waals surface area contributed by atoms with Gasteiger partial charge < -0.3 is 0 Å². The second kappa shape index (κ2) is 8.24. The van der Waals surface area contributed by atoms with Gasteiger partial charge in [0.25, 0.3) is 0 Å². The van der Waals surface area contributed by atoms with Crippen molar-refractivity contribution in [2.45, 2.75) is 29.2 Å². The van der Waals surface area contributed by atoms with Crippen LogP contribution in [0.5, 0.6) is 0 Å². The molecule has 0 aliphatic carbocycles. The van der Waals surface area contributed by atoms with E-state index in [9.17, 15) is 8.42 Å². The number of anilines is 1. The Morgan fingerprint density at radius 1 is 1.22 bits per heavy atom. The fraction of sp³-hybridized carbons (Fsp3) is 0.278. The van der Waals surface area contributed by atoms with Gasteiger partial charge in [-0.1, -0.05) is 57.9 Å². The number of nitrogens with zero attached hydrogens (tertiary/aromatic N) is 2. The SMILES string of the molecule is Cc1ccc(C)c(S(=O)(=O)NCC2=NN(c3ccc(Cl)cc3Cl)[C@H](I)C2)c1. The number of benzene rings is 2. The Labute approximate surface area is 182 Å². The van der Waals surface area contributed by atoms with Crippen LogP contribution in [0.25, 0.3) is 0 Å². The highest BCUT2D eigenvalue weighted by atomic mass is 127. The Morgan fingerprint density at radius 2 is 1.96 bits per heavy atom. The van der Waals surface area contributed by atoms with Gasteiger partial charge in [-0.3, -0.25) is 5.01 Å². The monoisotopic (exact) mass is 537 g/mol. The Kier molecular flexibility index (Phi) is 6.37. The summed E-state index contributed by atoms with van der Waals surface area (Å²) in [5, 5.41) is 7.41. The minimum atomic E-state index is -3.61. The van der Waals surface area contributed by atoms with E-state index in [-0.39, 0.29) is 10.6 Å². The predicted molar refractivity (Wildman–Crippen MR) is 120 cm³/mol. The number of hydrazone groups is 1. The highest BCUT2D eigenvalue weighted by Crippen LogP contribution is 2.35. The first-order valence-corrected chi connectivity index (χ1v) is 11.7. The molecule has 1 atom stereocenters. The highest BCUT2D eigenvalue weighted by Gasteiger charge is 2.28. The lowest BCUT2D eigenvalue weighted by atomic mass is 10.2. The summed E-state index contributed by atoms with van der Waals surface area (Å²) in [6.07, 6.45) is 0.634. The number of nitrogens with one attached hydrogen (secondary N) is 1. The zero-order valence-electron chi connectivity index (χ0n) is 14.7. The largest absolute Gasteiger partial charge is 0.251 e. The van der Waals surface area contributed by atoms with Gasteiger partial charge >= 0.3 is 0 Å². The van der Waals surface area contributed by atoms with Gasteiger partial charge in [0, 0.05) is 11.4 Å². The first-order chi connectivity index (χ1) is 12.7. The lowest BCUT2D eigenvalue weighted by molar-refractivity contribution is 0.585. The number of aryl methyl sites for hydroxylation is 2. The van der Waals surface area contributed by atoms with Gasteiger partial charge in [-0.2, -0.15) is 5.10 Å². The average molecular weight is 538 g/mol. The number of sulfonamides is 1. The lowest BCUT2D eigenvalue weighted by Gasteiger charge is -2.19. The predicted octanol–water partition coefficient (Wildman–Crippen LogP) is 4.92. The number of halogens is 3. The van der Waals surface area contributed by atoms with Gasteiger partial charge in [0.15, 0.2) is 0 Å². The van der Waals surface area contributed by atoms with E-state index in [4.69, 9.17) is 23.2 Å². The normalized spacial score (nSPS) is 17.3. The van der Waals surface area contributed by atoms with E-state index in [1.807, 2.05) is 25.1 Å². The third kappa shape index (κ3) is 4.76. The molecule has 0 saturated heterocycles. The molecule has 1 aliphatic heterocycles. The zero-order chi connectivity index (χ0) is 19.8. The summed E-state index contributed by atoms with van der Waals surface area (Å²) in [5.74, 6) is 0. The van der Waals surface area contributed by atoms with Crippen LogP contribution in [0, 0.1) is 13.8 Å². The van der Waals surface area contributed by atoms with Crippen LogP contribution >= 0.6 is 45.8 Å². The molecule has 0 spiro atoms. The summed E-state index contributed by atoms with van der Waals surface area (Å²) < 4.78 is 28.0. The molecular formula is C18H18Cl2IN3O2S. The van der Waals surface area contributed by atoms with Crippen molar-refractivity contribution in [3.63, 3.8) is 0 Å². The third-order valence-corrected chi connectivity index (χ3v) is 7.22. The Morgan fingerprint density at radius 3 is 2.67 bits per heavy atom. The summed E-state index contributed by atoms with van der Waals surface area (Å²) >= 11 is 14.5. The number of hydrogen-bond acceptors (Lipinski definition) is 4. The average Bonchev–Trinajstić information content (AvgIpc) is 2.96. The van der Waals surface area contributed by atoms with Crippen LogP contribution in [-0.4, -0.2) is 24.7 Å². The molecule has 27 heavy (non-hydrogen) atoms. The van der Waals surface area contributed by atoms with Crippen molar-refractivity contribution in [3.05, 3.63) is 57.6 Å². The Hall–Kier alpha value is -0.870. The Bertz CT molecular complexity index is 1010. The molecule has 5 nitrogen and oxygen atoms in total. The second-order valence-corrected chi connectivity index (χ2v) is 10.4. The highest BCUT2D eigenvalue weighted by molar-refractivity contribution is 14.1. The quantitative estimate of drug-likeness (QED) is 0.334. The molecule has 1 heterocycles. The maximum Gasteiger partial charge on any atom is 0.241 e. The van der Waals surface area contributed by atoms with E-state index in [0.717, 1.165) is 17.0 Å². The topological polar surface area (TPSA) is 61.8 Å². The maximum absolute atomic E-state index is 12.7. The lowest BCUT2D eigenvalue weighted by Crippen LogP contribution is -2.29. The van der Waals surface area contributed by atoms with E-state index in [2.05, 4.69) is 32.4 Å². The van der Waals surface area contributed by atoms with Crippen LogP contribution in [0.15, 0.2) is 46.4 Å². The van der Waals surface area contributed by atoms with E-state index < -0.39 is 10.0 Å². The number of alkyl halides is 1. The zero-order valence-corrected chi connectivity index (χ0v) is 19.2. The summed E-state index contributed by atoms with van der Waals surface area (Å²) in [6.45, 7) is 3.80. The van der Waals surface area contributed by atoms with Crippen molar-refractivity contribution in [2.75, 3.05) is 11.6 Å². The van der Waals surface area contributed by atoms with Crippen molar-refractivity contribution in [3.8, 4) is 0 Å². The van der Waals surface area contributed by atoms with E-state index in [1.165, 1.54) is 0 Å². The van der Waals surface area contributed by atoms with Crippen LogP contribution in [0.4, 0.5) is 5.69 Å². The summed E-state index contributed by atoms with van der Waals surface area (Å²) in [7, 11) is -3.61. The van der Waals surface area contributed by atoms with E-state index >= 15 is 0 Å². The molecule has 0 radical (unpaired) electrons. The van der Waals surface area contributed by atoms with Crippen LogP contribution < -0.4 is 9.73 Å². The number of hydrogen-bond donors (Lipinski definition) is 1. The van der Waals surface area contributed by atoms with E-state index in [0.29, 0.717) is 26.9 Å². The molecule has 3 rings (SSSR count). The maximum atomic E-state index is 12.7. The molecule has 144 valence electrons. The van der Waals surface area contributed by atoms with Gasteiger partial charge in [-0.15, -0.1) is 0 Å². The standard InChI is InChI=1S/C18H18Cl2IN3O2S/c1-11-3-4-12(2)17(7-11)27(25,26)22-10-14-9-18(21)24(23-14)16-6-5-13(19)8-15(16)20/h3-8,18,22H,9-10H2,1-2H3/t18-/m0/s1. The minimum absolute atomic E-state index is 0.0430. The van der Waals surface area contributed by atoms with Gasteiger partial charge in [0.1, 0.15) is 4.05 Å². The molecule has 0 aromatic heterocycles. The molecular weight excluding hydrogens is 520 g/mol. The minimum Gasteiger partial charge on any atom is -0.251 e. The van der Waals surface area contributed by atoms with Crippen LogP contribution in [0.3, 0.4) is 0 Å². The fourth-order valence-electron chi connectivity index (χ4n) is 2.77. The Balaban J connectivity index is 1.77. The third-order valence-electron chi connectivity index (χ3n) is 4.17. The molecule has 2 aromatic carbocycles. The van der Waals surface area contributed by atoms with E-state index in [1.54, 1.807) is 30.1 Å². The molecule has 1 aliphatic rings. The summed E-state index contributed by atoms with van der Waals surface area (Å²) in [6, 6.07) is 10.6. The van der Waals surface area contributed by atoms with Crippen LogP contribution in [0.1, 0.15) is 17.5 Å². The van der Waals surface area contributed by atoms with Crippen LogP contribution in [0.2, 0.25) is 10.0 Å². The van der Waals surface area contributed by atoms with Crippen molar-refractivity contribution < 1.29 is 8.42 Å². The van der Waals surface area contributed by atoms with Crippen molar-refractivity contribution in [2.24, 2.45) is 5.10 Å². The van der Waals surface area contributed by atoms with Gasteiger partial charge in [0.2, 0.25) is 10.0 Å². The molecule has 0 fully saturated rings. The molecule has 0 amide bonds. The van der Waals surface area contributed by atoms with Crippen molar-refractivity contribution in [1.82, 2.24) is 4.72 Å². The van der Waals surface area contributed by atoms with Gasteiger partial charge in [-0.05, 0) is 49.2 Å².